The molecule has 1 aromatic heterocycles. The van der Waals surface area contributed by atoms with Crippen LogP contribution in [0.5, 0.6) is 0 Å². The number of imidazole rings is 1. The van der Waals surface area contributed by atoms with Gasteiger partial charge in [0.1, 0.15) is 0 Å². The van der Waals surface area contributed by atoms with Gasteiger partial charge in [-0.1, -0.05) is 0 Å². The SMILES string of the molecule is O=C(O)c1[nH]cnc1C(=O)N1CCC(N2CCCC2)C1. The zero-order chi connectivity index (χ0) is 14.1. The summed E-state index contributed by atoms with van der Waals surface area (Å²) in [6.45, 7) is 3.56. The summed E-state index contributed by atoms with van der Waals surface area (Å²) in [6.07, 6.45) is 4.67. The van der Waals surface area contributed by atoms with Crippen molar-refractivity contribution >= 4 is 11.9 Å². The van der Waals surface area contributed by atoms with Crippen LogP contribution in [0.25, 0.3) is 0 Å². The average Bonchev–Trinajstić information content (AvgIpc) is 3.17. The number of carbonyl (C=O) groups is 2. The van der Waals surface area contributed by atoms with Crippen LogP contribution in [0.15, 0.2) is 6.33 Å². The van der Waals surface area contributed by atoms with Crippen molar-refractivity contribution in [3.63, 3.8) is 0 Å². The second kappa shape index (κ2) is 5.24. The summed E-state index contributed by atoms with van der Waals surface area (Å²) in [5, 5.41) is 9.02. The molecular formula is C13H18N4O3. The molecule has 2 fully saturated rings. The quantitative estimate of drug-likeness (QED) is 0.836. The maximum atomic E-state index is 12.4. The first-order valence-corrected chi connectivity index (χ1v) is 6.97. The number of aromatic amines is 1. The van der Waals surface area contributed by atoms with E-state index >= 15 is 0 Å². The Morgan fingerprint density at radius 3 is 2.75 bits per heavy atom. The molecular weight excluding hydrogens is 260 g/mol. The molecule has 0 saturated carbocycles. The number of carbonyl (C=O) groups excluding carboxylic acids is 1. The number of H-pyrrole nitrogens is 1. The van der Waals surface area contributed by atoms with E-state index in [1.807, 2.05) is 0 Å². The highest BCUT2D eigenvalue weighted by Crippen LogP contribution is 2.22. The van der Waals surface area contributed by atoms with Crippen molar-refractivity contribution in [1.29, 1.82) is 0 Å². The molecule has 1 unspecified atom stereocenters. The normalized spacial score (nSPS) is 23.4. The average molecular weight is 278 g/mol. The molecule has 0 radical (unpaired) electrons. The third kappa shape index (κ3) is 2.29. The second-order valence-electron chi connectivity index (χ2n) is 5.37. The van der Waals surface area contributed by atoms with Crippen LogP contribution in [-0.4, -0.2) is 69.0 Å². The van der Waals surface area contributed by atoms with Gasteiger partial charge in [-0.3, -0.25) is 9.69 Å². The summed E-state index contributed by atoms with van der Waals surface area (Å²) in [4.78, 5) is 33.9. The van der Waals surface area contributed by atoms with Crippen molar-refractivity contribution in [2.24, 2.45) is 0 Å². The Morgan fingerprint density at radius 2 is 2.05 bits per heavy atom. The van der Waals surface area contributed by atoms with E-state index < -0.39 is 5.97 Å². The molecule has 20 heavy (non-hydrogen) atoms. The number of aromatic nitrogens is 2. The highest BCUT2D eigenvalue weighted by atomic mass is 16.4. The minimum atomic E-state index is -1.15. The van der Waals surface area contributed by atoms with Gasteiger partial charge in [0.05, 0.1) is 6.33 Å². The molecule has 2 N–H and O–H groups in total. The van der Waals surface area contributed by atoms with Crippen LogP contribution in [0.4, 0.5) is 0 Å². The lowest BCUT2D eigenvalue weighted by Gasteiger charge is -2.23. The monoisotopic (exact) mass is 278 g/mol. The van der Waals surface area contributed by atoms with Crippen LogP contribution in [0.1, 0.15) is 40.2 Å². The lowest BCUT2D eigenvalue weighted by molar-refractivity contribution is 0.0673. The Labute approximate surface area is 116 Å². The van der Waals surface area contributed by atoms with Crippen molar-refractivity contribution in [3.8, 4) is 0 Å². The molecule has 0 spiro atoms. The molecule has 1 atom stereocenters. The Morgan fingerprint density at radius 1 is 1.30 bits per heavy atom. The van der Waals surface area contributed by atoms with Gasteiger partial charge in [-0.05, 0) is 32.4 Å². The molecule has 1 aromatic rings. The topological polar surface area (TPSA) is 89.5 Å². The molecule has 1 amide bonds. The highest BCUT2D eigenvalue weighted by molar-refractivity contribution is 6.02. The first-order valence-electron chi connectivity index (χ1n) is 6.97. The summed E-state index contributed by atoms with van der Waals surface area (Å²) in [6, 6.07) is 0.411. The van der Waals surface area contributed by atoms with Crippen LogP contribution in [0.3, 0.4) is 0 Å². The first kappa shape index (κ1) is 13.1. The molecule has 2 saturated heterocycles. The third-order valence-electron chi connectivity index (χ3n) is 4.16. The van der Waals surface area contributed by atoms with Crippen LogP contribution in [-0.2, 0) is 0 Å². The third-order valence-corrected chi connectivity index (χ3v) is 4.16. The minimum Gasteiger partial charge on any atom is -0.477 e. The van der Waals surface area contributed by atoms with Crippen molar-refractivity contribution in [2.45, 2.75) is 25.3 Å². The first-order chi connectivity index (χ1) is 9.66. The lowest BCUT2D eigenvalue weighted by atomic mass is 10.2. The molecule has 0 aromatic carbocycles. The van der Waals surface area contributed by atoms with E-state index in [1.54, 1.807) is 4.90 Å². The second-order valence-corrected chi connectivity index (χ2v) is 5.37. The van der Waals surface area contributed by atoms with Crippen molar-refractivity contribution in [3.05, 3.63) is 17.7 Å². The summed E-state index contributed by atoms with van der Waals surface area (Å²) in [5.41, 5.74) is -0.112. The van der Waals surface area contributed by atoms with Gasteiger partial charge in [0.25, 0.3) is 5.91 Å². The Balaban J connectivity index is 1.69. The smallest absolute Gasteiger partial charge is 0.354 e. The summed E-state index contributed by atoms with van der Waals surface area (Å²) in [7, 11) is 0. The summed E-state index contributed by atoms with van der Waals surface area (Å²) in [5.74, 6) is -1.44. The number of carboxylic acids is 1. The fourth-order valence-electron chi connectivity index (χ4n) is 3.10. The highest BCUT2D eigenvalue weighted by Gasteiger charge is 2.34. The van der Waals surface area contributed by atoms with Gasteiger partial charge in [0, 0.05) is 19.1 Å². The number of hydrogen-bond donors (Lipinski definition) is 2. The van der Waals surface area contributed by atoms with E-state index in [4.69, 9.17) is 5.11 Å². The van der Waals surface area contributed by atoms with Crippen molar-refractivity contribution in [1.82, 2.24) is 19.8 Å². The van der Waals surface area contributed by atoms with Gasteiger partial charge in [-0.25, -0.2) is 9.78 Å². The Kier molecular flexibility index (Phi) is 3.43. The van der Waals surface area contributed by atoms with E-state index in [-0.39, 0.29) is 17.3 Å². The molecule has 108 valence electrons. The number of nitrogens with one attached hydrogen (secondary N) is 1. The van der Waals surface area contributed by atoms with Crippen molar-refractivity contribution in [2.75, 3.05) is 26.2 Å². The van der Waals surface area contributed by atoms with Gasteiger partial charge in [-0.2, -0.15) is 0 Å². The van der Waals surface area contributed by atoms with Crippen LogP contribution in [0, 0.1) is 0 Å². The van der Waals surface area contributed by atoms with Gasteiger partial charge >= 0.3 is 5.97 Å². The maximum absolute atomic E-state index is 12.4. The molecule has 0 aliphatic carbocycles. The molecule has 3 heterocycles. The lowest BCUT2D eigenvalue weighted by Crippen LogP contribution is -2.37. The fourth-order valence-corrected chi connectivity index (χ4v) is 3.10. The number of amides is 1. The zero-order valence-corrected chi connectivity index (χ0v) is 11.2. The fraction of sp³-hybridized carbons (Fsp3) is 0.615. The Hall–Kier alpha value is -1.89. The van der Waals surface area contributed by atoms with E-state index in [0.717, 1.165) is 19.5 Å². The van der Waals surface area contributed by atoms with E-state index in [9.17, 15) is 9.59 Å². The van der Waals surface area contributed by atoms with Gasteiger partial charge in [-0.15, -0.1) is 0 Å². The number of aromatic carboxylic acids is 1. The molecule has 3 rings (SSSR count). The van der Waals surface area contributed by atoms with Crippen LogP contribution in [0.2, 0.25) is 0 Å². The molecule has 0 bridgehead atoms. The largest absolute Gasteiger partial charge is 0.477 e. The number of rotatable bonds is 3. The standard InChI is InChI=1S/C13H18N4O3/c18-12(10-11(13(19)20)15-8-14-10)17-6-3-9(7-17)16-4-1-2-5-16/h8-9H,1-7H2,(H,14,15)(H,19,20). The van der Waals surface area contributed by atoms with Crippen LogP contribution < -0.4 is 0 Å². The predicted octanol–water partition coefficient (Wildman–Crippen LogP) is 0.418. The molecule has 7 heteroatoms. The van der Waals surface area contributed by atoms with E-state index in [2.05, 4.69) is 14.9 Å². The number of carboxylic acid groups (broad SMARTS) is 1. The Bertz CT molecular complexity index is 521. The molecule has 2 aliphatic rings. The molecule has 2 aliphatic heterocycles. The number of nitrogens with zero attached hydrogens (tertiary/aromatic N) is 3. The van der Waals surface area contributed by atoms with Gasteiger partial charge < -0.3 is 15.0 Å². The summed E-state index contributed by atoms with van der Waals surface area (Å²) >= 11 is 0. The predicted molar refractivity (Wildman–Crippen MR) is 70.7 cm³/mol. The molecule has 7 nitrogen and oxygen atoms in total. The minimum absolute atomic E-state index is 0.0135. The zero-order valence-electron chi connectivity index (χ0n) is 11.2. The van der Waals surface area contributed by atoms with Crippen LogP contribution >= 0.6 is 0 Å². The van der Waals surface area contributed by atoms with E-state index in [1.165, 1.54) is 19.2 Å². The van der Waals surface area contributed by atoms with Crippen molar-refractivity contribution < 1.29 is 14.7 Å². The van der Waals surface area contributed by atoms with E-state index in [0.29, 0.717) is 19.1 Å². The number of hydrogen-bond acceptors (Lipinski definition) is 4. The number of likely N-dealkylation sites (tertiary alicyclic amines) is 2. The van der Waals surface area contributed by atoms with Gasteiger partial charge in [0.15, 0.2) is 11.4 Å². The van der Waals surface area contributed by atoms with Gasteiger partial charge in [0.2, 0.25) is 0 Å². The maximum Gasteiger partial charge on any atom is 0.354 e. The summed E-state index contributed by atoms with van der Waals surface area (Å²) < 4.78 is 0.